The van der Waals surface area contributed by atoms with E-state index in [0.717, 1.165) is 32.0 Å². The molecule has 0 bridgehead atoms. The molecule has 1 saturated heterocycles. The molecule has 31 heavy (non-hydrogen) atoms. The van der Waals surface area contributed by atoms with Crippen molar-refractivity contribution in [3.63, 3.8) is 0 Å². The molecule has 5 atom stereocenters. The van der Waals surface area contributed by atoms with Crippen LogP contribution < -0.4 is 5.32 Å². The van der Waals surface area contributed by atoms with E-state index in [0.29, 0.717) is 0 Å². The molecule has 1 amide bonds. The van der Waals surface area contributed by atoms with Gasteiger partial charge in [-0.25, -0.2) is 12.7 Å². The third kappa shape index (κ3) is 7.14. The molecule has 0 radical (unpaired) electrons. The first-order valence-electron chi connectivity index (χ1n) is 9.74. The van der Waals surface area contributed by atoms with Gasteiger partial charge >= 0.3 is 17.9 Å². The Hall–Kier alpha value is -2.25. The first kappa shape index (κ1) is 26.8. The van der Waals surface area contributed by atoms with Gasteiger partial charge in [-0.1, -0.05) is 13.8 Å². The summed E-state index contributed by atoms with van der Waals surface area (Å²) >= 11 is 0. The predicted octanol–water partition coefficient (Wildman–Crippen LogP) is -0.686. The SMILES string of the molecule is CCN(CC)S(=O)(=O)[C@H]1O[C@H](COC(C)=O)[C@@H](OC(C)=O)[C@H](OC(C)=O)[C@H]1NC(C)=O. The molecule has 13 heteroatoms. The lowest BCUT2D eigenvalue weighted by Gasteiger charge is -2.45. The lowest BCUT2D eigenvalue weighted by Crippen LogP contribution is -2.68. The smallest absolute Gasteiger partial charge is 0.303 e. The van der Waals surface area contributed by atoms with E-state index >= 15 is 0 Å². The van der Waals surface area contributed by atoms with Crippen molar-refractivity contribution in [1.29, 1.82) is 0 Å². The van der Waals surface area contributed by atoms with Gasteiger partial charge in [-0.05, 0) is 0 Å². The highest BCUT2D eigenvalue weighted by Crippen LogP contribution is 2.31. The number of carbonyl (C=O) groups is 4. The van der Waals surface area contributed by atoms with Crippen molar-refractivity contribution in [2.24, 2.45) is 0 Å². The number of amides is 1. The Balaban J connectivity index is 3.58. The zero-order valence-electron chi connectivity index (χ0n) is 18.4. The van der Waals surface area contributed by atoms with Gasteiger partial charge in [-0.15, -0.1) is 0 Å². The van der Waals surface area contributed by atoms with Crippen LogP contribution in [0.25, 0.3) is 0 Å². The Labute approximate surface area is 181 Å². The van der Waals surface area contributed by atoms with E-state index < -0.39 is 70.2 Å². The van der Waals surface area contributed by atoms with Crippen LogP contribution >= 0.6 is 0 Å². The van der Waals surface area contributed by atoms with Crippen LogP contribution in [0.15, 0.2) is 0 Å². The van der Waals surface area contributed by atoms with Crippen molar-refractivity contribution in [3.05, 3.63) is 0 Å². The molecule has 1 N–H and O–H groups in total. The molecule has 0 aromatic rings. The second-order valence-electron chi connectivity index (χ2n) is 6.85. The van der Waals surface area contributed by atoms with Gasteiger partial charge in [0, 0.05) is 40.8 Å². The van der Waals surface area contributed by atoms with E-state index in [1.54, 1.807) is 13.8 Å². The fourth-order valence-corrected chi connectivity index (χ4v) is 5.17. The number of nitrogens with zero attached hydrogens (tertiary/aromatic N) is 1. The largest absolute Gasteiger partial charge is 0.463 e. The summed E-state index contributed by atoms with van der Waals surface area (Å²) in [6.07, 6.45) is -4.05. The number of rotatable bonds is 9. The number of hydrogen-bond acceptors (Lipinski definition) is 10. The molecule has 1 aliphatic heterocycles. The van der Waals surface area contributed by atoms with Gasteiger partial charge in [-0.3, -0.25) is 19.2 Å². The maximum absolute atomic E-state index is 13.3. The quantitative estimate of drug-likeness (QED) is 0.341. The Morgan fingerprint density at radius 1 is 0.903 bits per heavy atom. The average molecular weight is 467 g/mol. The van der Waals surface area contributed by atoms with Crippen molar-refractivity contribution in [3.8, 4) is 0 Å². The van der Waals surface area contributed by atoms with Crippen molar-refractivity contribution in [2.45, 2.75) is 71.3 Å². The molecule has 1 aliphatic rings. The number of carbonyl (C=O) groups excluding carboxylic acids is 4. The first-order valence-corrected chi connectivity index (χ1v) is 11.2. The summed E-state index contributed by atoms with van der Waals surface area (Å²) in [7, 11) is -4.19. The number of nitrogens with one attached hydrogen (secondary N) is 1. The summed E-state index contributed by atoms with van der Waals surface area (Å²) in [6, 6.07) is -1.40. The molecule has 0 aromatic heterocycles. The number of sulfonamides is 1. The third-order valence-corrected chi connectivity index (χ3v) is 6.66. The normalized spacial score (nSPS) is 26.1. The maximum atomic E-state index is 13.3. The van der Waals surface area contributed by atoms with Crippen molar-refractivity contribution in [2.75, 3.05) is 19.7 Å². The van der Waals surface area contributed by atoms with E-state index in [4.69, 9.17) is 18.9 Å². The first-order chi connectivity index (χ1) is 14.3. The summed E-state index contributed by atoms with van der Waals surface area (Å²) in [5, 5.41) is 2.44. The van der Waals surface area contributed by atoms with Gasteiger partial charge in [0.05, 0.1) is 0 Å². The van der Waals surface area contributed by atoms with Gasteiger partial charge in [-0.2, -0.15) is 0 Å². The molecule has 12 nitrogen and oxygen atoms in total. The van der Waals surface area contributed by atoms with E-state index in [1.165, 1.54) is 0 Å². The predicted molar refractivity (Wildman–Crippen MR) is 106 cm³/mol. The lowest BCUT2D eigenvalue weighted by molar-refractivity contribution is -0.213. The molecule has 1 heterocycles. The Morgan fingerprint density at radius 3 is 1.84 bits per heavy atom. The fourth-order valence-electron chi connectivity index (χ4n) is 3.28. The molecule has 0 saturated carbocycles. The fraction of sp³-hybridized carbons (Fsp3) is 0.778. The third-order valence-electron chi connectivity index (χ3n) is 4.43. The Morgan fingerprint density at radius 2 is 1.42 bits per heavy atom. The summed E-state index contributed by atoms with van der Waals surface area (Å²) in [6.45, 7) is 7.48. The monoisotopic (exact) mass is 466 g/mol. The molecular weight excluding hydrogens is 436 g/mol. The molecule has 178 valence electrons. The molecule has 0 aliphatic carbocycles. The second kappa shape index (κ2) is 11.4. The van der Waals surface area contributed by atoms with E-state index in [1.807, 2.05) is 0 Å². The lowest BCUT2D eigenvalue weighted by atomic mass is 9.97. The van der Waals surface area contributed by atoms with Crippen LogP contribution in [0, 0.1) is 0 Å². The topological polar surface area (TPSA) is 155 Å². The minimum atomic E-state index is -4.19. The van der Waals surface area contributed by atoms with Crippen LogP contribution in [-0.2, 0) is 48.1 Å². The van der Waals surface area contributed by atoms with Crippen molar-refractivity contribution >= 4 is 33.8 Å². The molecular formula is C18H30N2O10S. The van der Waals surface area contributed by atoms with Crippen LogP contribution in [0.4, 0.5) is 0 Å². The van der Waals surface area contributed by atoms with Gasteiger partial charge in [0.15, 0.2) is 17.6 Å². The summed E-state index contributed by atoms with van der Waals surface area (Å²) in [4.78, 5) is 46.7. The van der Waals surface area contributed by atoms with Crippen molar-refractivity contribution in [1.82, 2.24) is 9.62 Å². The summed E-state index contributed by atoms with van der Waals surface area (Å²) < 4.78 is 48.9. The highest BCUT2D eigenvalue weighted by atomic mass is 32.2. The van der Waals surface area contributed by atoms with Crippen LogP contribution in [0.1, 0.15) is 41.5 Å². The van der Waals surface area contributed by atoms with Gasteiger partial charge in [0.25, 0.3) is 0 Å². The van der Waals surface area contributed by atoms with E-state index in [2.05, 4.69) is 5.32 Å². The molecule has 1 fully saturated rings. The number of hydrogen-bond donors (Lipinski definition) is 1. The van der Waals surface area contributed by atoms with Gasteiger partial charge < -0.3 is 24.3 Å². The minimum absolute atomic E-state index is 0.117. The van der Waals surface area contributed by atoms with E-state index in [-0.39, 0.29) is 13.1 Å². The van der Waals surface area contributed by atoms with Gasteiger partial charge in [0.2, 0.25) is 15.9 Å². The number of ether oxygens (including phenoxy) is 4. The van der Waals surface area contributed by atoms with Crippen molar-refractivity contribution < 1.29 is 46.5 Å². The van der Waals surface area contributed by atoms with Crippen LogP contribution in [-0.4, -0.2) is 86.0 Å². The highest BCUT2D eigenvalue weighted by molar-refractivity contribution is 7.89. The zero-order valence-corrected chi connectivity index (χ0v) is 19.3. The molecule has 0 spiro atoms. The Kier molecular flexibility index (Phi) is 9.84. The minimum Gasteiger partial charge on any atom is -0.463 e. The van der Waals surface area contributed by atoms with E-state index in [9.17, 15) is 27.6 Å². The maximum Gasteiger partial charge on any atom is 0.303 e. The standard InChI is InChI=1S/C18H30N2O10S/c1-7-20(8-2)31(25,26)18-15(19-10(3)21)17(29-13(6)24)16(28-12(5)23)14(30-18)9-27-11(4)22/h14-18H,7-9H2,1-6H3,(H,19,21)/t14-,15-,16-,17-,18-/m1/s1. The molecule has 1 rings (SSSR count). The van der Waals surface area contributed by atoms with Crippen LogP contribution in [0.5, 0.6) is 0 Å². The zero-order chi connectivity index (χ0) is 23.9. The molecule has 0 unspecified atom stereocenters. The van der Waals surface area contributed by atoms with Gasteiger partial charge in [0.1, 0.15) is 18.8 Å². The highest BCUT2D eigenvalue weighted by Gasteiger charge is 2.55. The van der Waals surface area contributed by atoms with Crippen LogP contribution in [0.3, 0.4) is 0 Å². The van der Waals surface area contributed by atoms with Crippen LogP contribution in [0.2, 0.25) is 0 Å². The summed E-state index contributed by atoms with van der Waals surface area (Å²) in [5.74, 6) is -2.87. The summed E-state index contributed by atoms with van der Waals surface area (Å²) in [5.41, 5.74) is -1.70. The Bertz CT molecular complexity index is 780. The second-order valence-corrected chi connectivity index (χ2v) is 8.86. The average Bonchev–Trinajstić information content (AvgIpc) is 2.62. The number of esters is 3. The molecule has 0 aromatic carbocycles.